The molecule has 3 aromatic rings. The Balaban J connectivity index is 1.63. The number of hydrogen-bond acceptors (Lipinski definition) is 5. The molecule has 0 bridgehead atoms. The molecular formula is C25H29NO5. The molecule has 164 valence electrons. The minimum Gasteiger partial charge on any atom is -0.493 e. The van der Waals surface area contributed by atoms with Crippen LogP contribution in [0.1, 0.15) is 43.7 Å². The topological polar surface area (TPSA) is 81.8 Å². The smallest absolute Gasteiger partial charge is 0.306 e. The number of aryl methyl sites for hydroxylation is 1. The number of nitrogens with zero attached hydrogens (tertiary/aromatic N) is 1. The van der Waals surface area contributed by atoms with Crippen molar-refractivity contribution in [2.45, 2.75) is 45.6 Å². The summed E-state index contributed by atoms with van der Waals surface area (Å²) in [5.41, 5.74) is 1.83. The first kappa shape index (κ1) is 22.6. The summed E-state index contributed by atoms with van der Waals surface area (Å²) in [7, 11) is 0. The lowest BCUT2D eigenvalue weighted by Crippen LogP contribution is -2.32. The third-order valence-corrected chi connectivity index (χ3v) is 5.33. The molecule has 0 spiro atoms. The van der Waals surface area contributed by atoms with E-state index >= 15 is 0 Å². The van der Waals surface area contributed by atoms with Gasteiger partial charge >= 0.3 is 5.97 Å². The second-order valence-corrected chi connectivity index (χ2v) is 7.36. The van der Waals surface area contributed by atoms with Crippen molar-refractivity contribution in [1.82, 2.24) is 4.98 Å². The van der Waals surface area contributed by atoms with Crippen molar-refractivity contribution < 1.29 is 23.8 Å². The Bertz CT molecular complexity index is 981. The van der Waals surface area contributed by atoms with Crippen LogP contribution < -0.4 is 4.74 Å². The average Bonchev–Trinajstić information content (AvgIpc) is 3.15. The maximum absolute atomic E-state index is 11.4. The van der Waals surface area contributed by atoms with Gasteiger partial charge in [-0.05, 0) is 50.1 Å². The molecule has 3 rings (SSSR count). The fourth-order valence-corrected chi connectivity index (χ4v) is 3.67. The fourth-order valence-electron chi connectivity index (χ4n) is 3.67. The van der Waals surface area contributed by atoms with Crippen molar-refractivity contribution in [2.75, 3.05) is 13.2 Å². The molecule has 2 aromatic carbocycles. The minimum absolute atomic E-state index is 0.0767. The molecule has 1 heterocycles. The number of benzene rings is 2. The van der Waals surface area contributed by atoms with Gasteiger partial charge in [-0.3, -0.25) is 4.79 Å². The van der Waals surface area contributed by atoms with Crippen LogP contribution in [0.15, 0.2) is 59.0 Å². The number of carboxylic acid groups (broad SMARTS) is 1. The summed E-state index contributed by atoms with van der Waals surface area (Å²) in [6.07, 6.45) is 1.12. The molecule has 1 N–H and O–H groups in total. The lowest BCUT2D eigenvalue weighted by molar-refractivity contribution is -0.146. The van der Waals surface area contributed by atoms with Gasteiger partial charge in [0.15, 0.2) is 0 Å². The third-order valence-electron chi connectivity index (χ3n) is 5.33. The molecule has 0 fully saturated rings. The molecule has 0 aliphatic carbocycles. The highest BCUT2D eigenvalue weighted by Crippen LogP contribution is 2.34. The molecule has 6 nitrogen and oxygen atoms in total. The highest BCUT2D eigenvalue weighted by molar-refractivity contribution is 5.68. The van der Waals surface area contributed by atoms with Gasteiger partial charge in [-0.2, -0.15) is 0 Å². The summed E-state index contributed by atoms with van der Waals surface area (Å²) in [4.78, 5) is 16.0. The van der Waals surface area contributed by atoms with Crippen LogP contribution in [0.3, 0.4) is 0 Å². The van der Waals surface area contributed by atoms with Crippen molar-refractivity contribution in [3.63, 3.8) is 0 Å². The number of aliphatic carboxylic acids is 1. The monoisotopic (exact) mass is 423 g/mol. The Morgan fingerprint density at radius 2 is 1.81 bits per heavy atom. The summed E-state index contributed by atoms with van der Waals surface area (Å²) in [5.74, 6) is 1.23. The van der Waals surface area contributed by atoms with Crippen molar-refractivity contribution in [1.29, 1.82) is 0 Å². The Labute approximate surface area is 182 Å². The van der Waals surface area contributed by atoms with Gasteiger partial charge in [0.25, 0.3) is 0 Å². The zero-order chi connectivity index (χ0) is 22.3. The van der Waals surface area contributed by atoms with Crippen LogP contribution in [-0.4, -0.2) is 29.3 Å². The highest BCUT2D eigenvalue weighted by Gasteiger charge is 2.33. The molecular weight excluding hydrogens is 394 g/mol. The first-order valence-corrected chi connectivity index (χ1v) is 10.6. The average molecular weight is 424 g/mol. The summed E-state index contributed by atoms with van der Waals surface area (Å²) in [5, 5.41) is 9.33. The molecule has 0 saturated heterocycles. The van der Waals surface area contributed by atoms with Crippen LogP contribution in [0, 0.1) is 6.92 Å². The predicted octanol–water partition coefficient (Wildman–Crippen LogP) is 5.39. The van der Waals surface area contributed by atoms with Crippen LogP contribution in [-0.2, 0) is 21.6 Å². The van der Waals surface area contributed by atoms with E-state index in [1.54, 1.807) is 0 Å². The summed E-state index contributed by atoms with van der Waals surface area (Å²) in [6.45, 7) is 6.62. The highest BCUT2D eigenvalue weighted by atomic mass is 16.5. The Morgan fingerprint density at radius 1 is 1.10 bits per heavy atom. The van der Waals surface area contributed by atoms with E-state index in [4.69, 9.17) is 13.9 Å². The van der Waals surface area contributed by atoms with E-state index in [1.807, 2.05) is 75.4 Å². The largest absolute Gasteiger partial charge is 0.493 e. The van der Waals surface area contributed by atoms with Crippen molar-refractivity contribution in [2.24, 2.45) is 0 Å². The first-order valence-electron chi connectivity index (χ1n) is 10.6. The van der Waals surface area contributed by atoms with Gasteiger partial charge in [0.1, 0.15) is 17.1 Å². The number of ether oxygens (including phenoxy) is 2. The summed E-state index contributed by atoms with van der Waals surface area (Å²) >= 11 is 0. The summed E-state index contributed by atoms with van der Waals surface area (Å²) in [6, 6.07) is 17.3. The van der Waals surface area contributed by atoms with E-state index < -0.39 is 11.6 Å². The van der Waals surface area contributed by atoms with Gasteiger partial charge in [0, 0.05) is 18.6 Å². The van der Waals surface area contributed by atoms with E-state index in [0.717, 1.165) is 22.6 Å². The normalized spacial score (nSPS) is 13.0. The molecule has 0 amide bonds. The number of rotatable bonds is 11. The predicted molar refractivity (Wildman–Crippen MR) is 118 cm³/mol. The van der Waals surface area contributed by atoms with E-state index in [-0.39, 0.29) is 6.42 Å². The Kier molecular flexibility index (Phi) is 7.47. The second kappa shape index (κ2) is 10.3. The number of hydrogen-bond donors (Lipinski definition) is 1. The Morgan fingerprint density at radius 3 is 2.42 bits per heavy atom. The quantitative estimate of drug-likeness (QED) is 0.445. The zero-order valence-electron chi connectivity index (χ0n) is 18.3. The first-order chi connectivity index (χ1) is 15.0. The van der Waals surface area contributed by atoms with E-state index in [0.29, 0.717) is 37.7 Å². The molecule has 31 heavy (non-hydrogen) atoms. The van der Waals surface area contributed by atoms with Gasteiger partial charge < -0.3 is 19.0 Å². The molecule has 0 aliphatic heterocycles. The molecule has 6 heteroatoms. The van der Waals surface area contributed by atoms with Crippen LogP contribution in [0.25, 0.3) is 11.5 Å². The molecule has 1 atom stereocenters. The van der Waals surface area contributed by atoms with Gasteiger partial charge in [-0.25, -0.2) is 4.98 Å². The van der Waals surface area contributed by atoms with Crippen molar-refractivity contribution >= 4 is 5.97 Å². The maximum Gasteiger partial charge on any atom is 0.306 e. The molecule has 1 unspecified atom stereocenters. The third kappa shape index (κ3) is 5.52. The lowest BCUT2D eigenvalue weighted by atomic mass is 9.87. The second-order valence-electron chi connectivity index (χ2n) is 7.36. The standard InChI is InChI=1S/C25H29NO5/c1-4-25(30-5-2,17-23(27)28)20-11-13-21(14-12-20)29-16-15-22-18(3)31-24(26-22)19-9-7-6-8-10-19/h6-14H,4-5,15-17H2,1-3H3,(H,27,28). The van der Waals surface area contributed by atoms with Crippen LogP contribution in [0.4, 0.5) is 0 Å². The zero-order valence-corrected chi connectivity index (χ0v) is 18.3. The van der Waals surface area contributed by atoms with Crippen molar-refractivity contribution in [3.8, 4) is 17.2 Å². The molecule has 0 aliphatic rings. The molecule has 0 radical (unpaired) electrons. The van der Waals surface area contributed by atoms with Crippen molar-refractivity contribution in [3.05, 3.63) is 71.6 Å². The van der Waals surface area contributed by atoms with Gasteiger partial charge in [-0.15, -0.1) is 0 Å². The maximum atomic E-state index is 11.4. The number of carboxylic acids is 1. The lowest BCUT2D eigenvalue weighted by Gasteiger charge is -2.32. The van der Waals surface area contributed by atoms with E-state index in [1.165, 1.54) is 0 Å². The van der Waals surface area contributed by atoms with Crippen LogP contribution >= 0.6 is 0 Å². The minimum atomic E-state index is -0.881. The van der Waals surface area contributed by atoms with E-state index in [2.05, 4.69) is 4.98 Å². The Hall–Kier alpha value is -3.12. The van der Waals surface area contributed by atoms with Gasteiger partial charge in [0.05, 0.1) is 18.7 Å². The fraction of sp³-hybridized carbons (Fsp3) is 0.360. The summed E-state index contributed by atoms with van der Waals surface area (Å²) < 4.78 is 17.5. The number of aromatic nitrogens is 1. The number of oxazole rings is 1. The van der Waals surface area contributed by atoms with Gasteiger partial charge in [-0.1, -0.05) is 37.3 Å². The van der Waals surface area contributed by atoms with Gasteiger partial charge in [0.2, 0.25) is 5.89 Å². The molecule has 0 saturated carbocycles. The van der Waals surface area contributed by atoms with Crippen LogP contribution in [0.5, 0.6) is 5.75 Å². The number of carbonyl (C=O) groups is 1. The SMILES string of the molecule is CCOC(CC)(CC(=O)O)c1ccc(OCCc2nc(-c3ccccc3)oc2C)cc1. The van der Waals surface area contributed by atoms with Crippen LogP contribution in [0.2, 0.25) is 0 Å². The van der Waals surface area contributed by atoms with E-state index in [9.17, 15) is 9.90 Å². The molecule has 1 aromatic heterocycles.